The first-order valence-electron chi connectivity index (χ1n) is 13.2. The maximum Gasteiger partial charge on any atom is 0.269 e. The quantitative estimate of drug-likeness (QED) is 0.238. The summed E-state index contributed by atoms with van der Waals surface area (Å²) >= 11 is 0. The molecule has 0 bridgehead atoms. The first kappa shape index (κ1) is 27.1. The molecule has 204 valence electrons. The van der Waals surface area contributed by atoms with Crippen LogP contribution in [-0.4, -0.2) is 37.1 Å². The van der Waals surface area contributed by atoms with Crippen molar-refractivity contribution in [2.45, 2.75) is 20.4 Å². The van der Waals surface area contributed by atoms with E-state index < -0.39 is 0 Å². The van der Waals surface area contributed by atoms with Crippen LogP contribution < -0.4 is 10.4 Å². The summed E-state index contributed by atoms with van der Waals surface area (Å²) in [4.78, 5) is 25.8. The van der Waals surface area contributed by atoms with Gasteiger partial charge in [0.25, 0.3) is 5.91 Å². The van der Waals surface area contributed by atoms with Crippen molar-refractivity contribution in [3.8, 4) is 34.3 Å². The van der Waals surface area contributed by atoms with Crippen molar-refractivity contribution in [3.05, 3.63) is 114 Å². The van der Waals surface area contributed by atoms with E-state index in [1.165, 1.54) is 5.01 Å². The van der Waals surface area contributed by atoms with Gasteiger partial charge in [-0.15, -0.1) is 0 Å². The standard InChI is InChI=1S/C32H29N7O2/c1-22(2)19-39(31-27(40)18-34-28(17-33)36-31)37-32(41)26-15-13-23(14-16-26)20-38-21-35-29(24-9-5-3-6-10-24)30(38)25-11-7-4-8-12-25/h3-16,18,21-22,40H,19-20H2,1-2H3,(H,37,41). The highest BCUT2D eigenvalue weighted by Gasteiger charge is 2.20. The lowest BCUT2D eigenvalue weighted by Crippen LogP contribution is -2.45. The van der Waals surface area contributed by atoms with Crippen molar-refractivity contribution >= 4 is 11.7 Å². The number of rotatable bonds is 9. The summed E-state index contributed by atoms with van der Waals surface area (Å²) in [7, 11) is 0. The lowest BCUT2D eigenvalue weighted by atomic mass is 10.0. The van der Waals surface area contributed by atoms with Crippen molar-refractivity contribution in [2.24, 2.45) is 5.92 Å². The summed E-state index contributed by atoms with van der Waals surface area (Å²) in [6, 6.07) is 29.5. The zero-order valence-corrected chi connectivity index (χ0v) is 22.8. The van der Waals surface area contributed by atoms with Crippen LogP contribution in [0.15, 0.2) is 97.5 Å². The third-order valence-electron chi connectivity index (χ3n) is 6.39. The molecule has 5 rings (SSSR count). The second-order valence-electron chi connectivity index (χ2n) is 9.96. The van der Waals surface area contributed by atoms with Crippen molar-refractivity contribution < 1.29 is 9.90 Å². The summed E-state index contributed by atoms with van der Waals surface area (Å²) in [5.74, 6) is -0.502. The van der Waals surface area contributed by atoms with Gasteiger partial charge in [0, 0.05) is 29.8 Å². The van der Waals surface area contributed by atoms with Gasteiger partial charge in [-0.2, -0.15) is 10.2 Å². The van der Waals surface area contributed by atoms with Gasteiger partial charge in [-0.05, 0) is 23.6 Å². The molecule has 5 aromatic rings. The molecule has 9 nitrogen and oxygen atoms in total. The number of benzene rings is 3. The summed E-state index contributed by atoms with van der Waals surface area (Å²) in [6.07, 6.45) is 3.00. The van der Waals surface area contributed by atoms with Crippen molar-refractivity contribution in [1.82, 2.24) is 24.9 Å². The van der Waals surface area contributed by atoms with Gasteiger partial charge in [-0.25, -0.2) is 9.97 Å². The highest BCUT2D eigenvalue weighted by Crippen LogP contribution is 2.31. The number of nitrogens with one attached hydrogen (secondary N) is 1. The molecule has 41 heavy (non-hydrogen) atoms. The highest BCUT2D eigenvalue weighted by molar-refractivity contribution is 5.95. The molecular formula is C32H29N7O2. The Labute approximate surface area is 238 Å². The van der Waals surface area contributed by atoms with Crippen LogP contribution in [0.2, 0.25) is 0 Å². The van der Waals surface area contributed by atoms with E-state index in [-0.39, 0.29) is 29.2 Å². The average Bonchev–Trinajstić information content (AvgIpc) is 3.41. The van der Waals surface area contributed by atoms with Crippen LogP contribution in [0.3, 0.4) is 0 Å². The number of amides is 1. The second kappa shape index (κ2) is 12.1. The van der Waals surface area contributed by atoms with E-state index in [4.69, 9.17) is 4.98 Å². The molecule has 0 fully saturated rings. The van der Waals surface area contributed by atoms with Crippen LogP contribution in [0.4, 0.5) is 5.82 Å². The number of carbonyl (C=O) groups is 1. The van der Waals surface area contributed by atoms with E-state index >= 15 is 0 Å². The lowest BCUT2D eigenvalue weighted by Gasteiger charge is -2.26. The smallest absolute Gasteiger partial charge is 0.269 e. The third kappa shape index (κ3) is 6.23. The molecule has 0 aliphatic heterocycles. The maximum atomic E-state index is 13.2. The van der Waals surface area contributed by atoms with E-state index in [0.717, 1.165) is 34.3 Å². The normalized spacial score (nSPS) is 10.8. The Morgan fingerprint density at radius 3 is 2.27 bits per heavy atom. The van der Waals surface area contributed by atoms with Crippen LogP contribution in [0.5, 0.6) is 5.75 Å². The van der Waals surface area contributed by atoms with E-state index in [9.17, 15) is 15.2 Å². The van der Waals surface area contributed by atoms with Crippen LogP contribution in [0, 0.1) is 17.2 Å². The molecule has 0 aliphatic rings. The molecule has 0 aliphatic carbocycles. The van der Waals surface area contributed by atoms with Gasteiger partial charge >= 0.3 is 0 Å². The molecule has 0 unspecified atom stereocenters. The molecule has 0 atom stereocenters. The third-order valence-corrected chi connectivity index (χ3v) is 6.39. The summed E-state index contributed by atoms with van der Waals surface area (Å²) in [6.45, 7) is 4.88. The van der Waals surface area contributed by atoms with Crippen molar-refractivity contribution in [1.29, 1.82) is 5.26 Å². The SMILES string of the molecule is CC(C)CN(NC(=O)c1ccc(Cn2cnc(-c3ccccc3)c2-c2ccccc2)cc1)c1nc(C#N)ncc1O. The van der Waals surface area contributed by atoms with Crippen LogP contribution in [-0.2, 0) is 6.54 Å². The summed E-state index contributed by atoms with van der Waals surface area (Å²) < 4.78 is 2.11. The second-order valence-corrected chi connectivity index (χ2v) is 9.96. The zero-order chi connectivity index (χ0) is 28.8. The largest absolute Gasteiger partial charge is 0.503 e. The summed E-state index contributed by atoms with van der Waals surface area (Å²) in [5, 5.41) is 20.9. The average molecular weight is 544 g/mol. The van der Waals surface area contributed by atoms with E-state index in [2.05, 4.69) is 44.2 Å². The lowest BCUT2D eigenvalue weighted by molar-refractivity contribution is 0.0947. The van der Waals surface area contributed by atoms with Crippen molar-refractivity contribution in [2.75, 3.05) is 11.6 Å². The molecule has 1 amide bonds. The number of nitriles is 1. The highest BCUT2D eigenvalue weighted by atomic mass is 16.3. The van der Waals surface area contributed by atoms with E-state index in [1.54, 1.807) is 12.1 Å². The predicted molar refractivity (Wildman–Crippen MR) is 157 cm³/mol. The number of carbonyl (C=O) groups excluding carboxylic acids is 1. The molecule has 9 heteroatoms. The first-order chi connectivity index (χ1) is 19.9. The fourth-order valence-electron chi connectivity index (χ4n) is 4.52. The van der Waals surface area contributed by atoms with Crippen LogP contribution >= 0.6 is 0 Å². The Balaban J connectivity index is 1.38. The van der Waals surface area contributed by atoms with E-state index in [1.807, 2.05) is 74.8 Å². The number of nitrogens with zero attached hydrogens (tertiary/aromatic N) is 6. The number of hydrogen-bond acceptors (Lipinski definition) is 7. The number of hydrogen-bond donors (Lipinski definition) is 2. The number of aromatic hydroxyl groups is 1. The molecule has 3 aromatic carbocycles. The Kier molecular flexibility index (Phi) is 8.02. The van der Waals surface area contributed by atoms with Gasteiger partial charge < -0.3 is 9.67 Å². The molecular weight excluding hydrogens is 514 g/mol. The number of anilines is 1. The minimum Gasteiger partial charge on any atom is -0.503 e. The fourth-order valence-corrected chi connectivity index (χ4v) is 4.52. The molecule has 2 aromatic heterocycles. The molecule has 0 saturated heterocycles. The Morgan fingerprint density at radius 2 is 1.63 bits per heavy atom. The van der Waals surface area contributed by atoms with Gasteiger partial charge in [-0.1, -0.05) is 86.6 Å². The summed E-state index contributed by atoms with van der Waals surface area (Å²) in [5.41, 5.74) is 8.29. The maximum absolute atomic E-state index is 13.2. The van der Waals surface area contributed by atoms with E-state index in [0.29, 0.717) is 18.7 Å². The Bertz CT molecular complexity index is 1680. The predicted octanol–water partition coefficient (Wildman–Crippen LogP) is 5.44. The fraction of sp³-hybridized carbons (Fsp3) is 0.156. The monoisotopic (exact) mass is 543 g/mol. The van der Waals surface area contributed by atoms with Crippen molar-refractivity contribution in [3.63, 3.8) is 0 Å². The number of aromatic nitrogens is 4. The van der Waals surface area contributed by atoms with Gasteiger partial charge in [0.2, 0.25) is 5.82 Å². The molecule has 0 radical (unpaired) electrons. The molecule has 0 spiro atoms. The van der Waals surface area contributed by atoms with Gasteiger partial charge in [-0.3, -0.25) is 15.2 Å². The zero-order valence-electron chi connectivity index (χ0n) is 22.8. The molecule has 2 heterocycles. The van der Waals surface area contributed by atoms with Crippen LogP contribution in [0.1, 0.15) is 35.6 Å². The Hall–Kier alpha value is -5.49. The first-order valence-corrected chi connectivity index (χ1v) is 13.2. The minimum atomic E-state index is -0.368. The molecule has 0 saturated carbocycles. The van der Waals surface area contributed by atoms with Gasteiger partial charge in [0.05, 0.1) is 23.9 Å². The van der Waals surface area contributed by atoms with Crippen LogP contribution in [0.25, 0.3) is 22.5 Å². The Morgan fingerprint density at radius 1 is 0.976 bits per heavy atom. The minimum absolute atomic E-state index is 0.0676. The number of imidazole rings is 1. The number of hydrazine groups is 1. The molecule has 2 N–H and O–H groups in total. The van der Waals surface area contributed by atoms with Gasteiger partial charge in [0.1, 0.15) is 6.07 Å². The van der Waals surface area contributed by atoms with Gasteiger partial charge in [0.15, 0.2) is 11.6 Å². The topological polar surface area (TPSA) is 120 Å².